The van der Waals surface area contributed by atoms with Crippen LogP contribution in [-0.4, -0.2) is 36.1 Å². The molecule has 0 amide bonds. The Morgan fingerprint density at radius 2 is 0.837 bits per heavy atom. The van der Waals surface area contributed by atoms with Crippen LogP contribution in [0.15, 0.2) is 0 Å². The van der Waals surface area contributed by atoms with E-state index in [-0.39, 0.29) is 31.6 Å². The van der Waals surface area contributed by atoms with Gasteiger partial charge in [-0.1, -0.05) is 168 Å². The monoisotopic (exact) mass is 632 g/mol. The topological polar surface area (TPSA) is 99.1 Å². The second kappa shape index (κ2) is 34.0. The highest BCUT2D eigenvalue weighted by molar-refractivity contribution is 7.32. The van der Waals surface area contributed by atoms with E-state index in [2.05, 4.69) is 13.8 Å². The smallest absolute Gasteiger partial charge is 0.316 e. The van der Waals surface area contributed by atoms with E-state index in [4.69, 9.17) is 18.9 Å². The maximum Gasteiger partial charge on any atom is 0.316 e. The summed E-state index contributed by atoms with van der Waals surface area (Å²) in [5.74, 6) is -0.723. The van der Waals surface area contributed by atoms with Gasteiger partial charge in [0.1, 0.15) is 6.61 Å². The Morgan fingerprint density at radius 1 is 0.512 bits per heavy atom. The molecule has 0 rings (SSSR count). The summed E-state index contributed by atoms with van der Waals surface area (Å²) in [4.78, 5) is 33.5. The molecule has 0 aromatic heterocycles. The van der Waals surface area contributed by atoms with Crippen LogP contribution in [0.25, 0.3) is 0 Å². The van der Waals surface area contributed by atoms with Crippen molar-refractivity contribution < 1.29 is 33.0 Å². The van der Waals surface area contributed by atoms with Crippen LogP contribution in [-0.2, 0) is 28.2 Å². The van der Waals surface area contributed by atoms with Crippen molar-refractivity contribution in [3.63, 3.8) is 0 Å². The average molecular weight is 633 g/mol. The molecule has 2 atom stereocenters. The quantitative estimate of drug-likeness (QED) is 0.0428. The fourth-order valence-corrected chi connectivity index (χ4v) is 5.69. The molecule has 0 aromatic rings. The van der Waals surface area contributed by atoms with Crippen LogP contribution in [0.1, 0.15) is 194 Å². The number of carbonyl (C=O) groups excluding carboxylic acids is 2. The van der Waals surface area contributed by atoms with Gasteiger partial charge in [0.05, 0.1) is 6.61 Å². The Morgan fingerprint density at radius 3 is 1.19 bits per heavy atom. The van der Waals surface area contributed by atoms with Crippen LogP contribution in [0, 0.1) is 0 Å². The molecule has 0 saturated carbocycles. The van der Waals surface area contributed by atoms with Gasteiger partial charge in [-0.25, -0.2) is 0 Å². The molecule has 1 unspecified atom stereocenters. The number of carbonyl (C=O) groups is 2. The van der Waals surface area contributed by atoms with Crippen LogP contribution < -0.4 is 0 Å². The Balaban J connectivity index is 3.84. The molecule has 43 heavy (non-hydrogen) atoms. The van der Waals surface area contributed by atoms with E-state index in [1.165, 1.54) is 128 Å². The number of esters is 2. The lowest BCUT2D eigenvalue weighted by atomic mass is 10.0. The molecular weight excluding hydrogens is 563 g/mol. The summed E-state index contributed by atoms with van der Waals surface area (Å²) in [5, 5.41) is 0. The van der Waals surface area contributed by atoms with Crippen molar-refractivity contribution >= 4 is 20.2 Å². The van der Waals surface area contributed by atoms with Crippen LogP contribution >= 0.6 is 8.25 Å². The van der Waals surface area contributed by atoms with Crippen molar-refractivity contribution in [3.8, 4) is 0 Å². The molecule has 0 aliphatic carbocycles. The van der Waals surface area contributed by atoms with Gasteiger partial charge in [0.15, 0.2) is 6.10 Å². The van der Waals surface area contributed by atoms with E-state index < -0.39 is 14.4 Å². The van der Waals surface area contributed by atoms with Crippen molar-refractivity contribution in [3.05, 3.63) is 0 Å². The van der Waals surface area contributed by atoms with Crippen LogP contribution in [0.2, 0.25) is 0 Å². The van der Waals surface area contributed by atoms with Gasteiger partial charge in [-0.2, -0.15) is 0 Å². The molecule has 0 bridgehead atoms. The highest BCUT2D eigenvalue weighted by Gasteiger charge is 2.18. The Bertz CT molecular complexity index is 644. The van der Waals surface area contributed by atoms with Crippen molar-refractivity contribution in [1.82, 2.24) is 0 Å². The first-order valence-electron chi connectivity index (χ1n) is 18.2. The summed E-state index contributed by atoms with van der Waals surface area (Å²) in [6.07, 6.45) is 31.9. The minimum Gasteiger partial charge on any atom is -0.462 e. The molecule has 7 nitrogen and oxygen atoms in total. The molecular formula is C35H69O7P. The van der Waals surface area contributed by atoms with Gasteiger partial charge in [0.2, 0.25) is 0 Å². The molecule has 0 radical (unpaired) electrons. The zero-order valence-electron chi connectivity index (χ0n) is 28.2. The standard InChI is InChI=1S/C35H69O7P/c1-3-5-7-9-11-13-15-17-19-21-23-25-27-29-34(36)40-31-33(32-41-43(38)39)42-35(37)30-28-26-24-22-20-18-16-14-12-10-8-6-4-2/h33,43H,3-32H2,1-2H3,(H,38,39)/t33-/m1/s1. The van der Waals surface area contributed by atoms with Crippen molar-refractivity contribution in [2.24, 2.45) is 0 Å². The van der Waals surface area contributed by atoms with E-state index in [0.717, 1.165) is 38.5 Å². The largest absolute Gasteiger partial charge is 0.462 e. The molecule has 256 valence electrons. The number of hydrogen-bond acceptors (Lipinski definition) is 6. The lowest BCUT2D eigenvalue weighted by Gasteiger charge is -2.17. The second-order valence-corrected chi connectivity index (χ2v) is 13.2. The molecule has 0 spiro atoms. The molecule has 0 aliphatic heterocycles. The molecule has 0 heterocycles. The summed E-state index contributed by atoms with van der Waals surface area (Å²) in [6.45, 7) is 4.09. The first kappa shape index (κ1) is 42.1. The Labute approximate surface area is 265 Å². The Hall–Kier alpha value is -0.910. The average Bonchev–Trinajstić information content (AvgIpc) is 2.99. The molecule has 1 N–H and O–H groups in total. The maximum absolute atomic E-state index is 12.3. The van der Waals surface area contributed by atoms with Crippen LogP contribution in [0.5, 0.6) is 0 Å². The fourth-order valence-electron chi connectivity index (χ4n) is 5.36. The van der Waals surface area contributed by atoms with Gasteiger partial charge in [0, 0.05) is 12.8 Å². The van der Waals surface area contributed by atoms with E-state index >= 15 is 0 Å². The van der Waals surface area contributed by atoms with Gasteiger partial charge in [-0.3, -0.25) is 14.2 Å². The Kier molecular flexibility index (Phi) is 33.3. The van der Waals surface area contributed by atoms with Gasteiger partial charge >= 0.3 is 20.2 Å². The van der Waals surface area contributed by atoms with Crippen LogP contribution in [0.3, 0.4) is 0 Å². The lowest BCUT2D eigenvalue weighted by molar-refractivity contribution is -0.161. The number of ether oxygens (including phenoxy) is 2. The fraction of sp³-hybridized carbons (Fsp3) is 0.943. The van der Waals surface area contributed by atoms with Gasteiger partial charge < -0.3 is 18.9 Å². The number of hydrogen-bond donors (Lipinski definition) is 1. The zero-order chi connectivity index (χ0) is 31.6. The summed E-state index contributed by atoms with van der Waals surface area (Å²) < 4.78 is 26.5. The number of rotatable bonds is 34. The van der Waals surface area contributed by atoms with E-state index in [1.807, 2.05) is 0 Å². The first-order valence-corrected chi connectivity index (χ1v) is 19.5. The van der Waals surface area contributed by atoms with E-state index in [9.17, 15) is 14.2 Å². The van der Waals surface area contributed by atoms with E-state index in [0.29, 0.717) is 6.42 Å². The predicted octanol–water partition coefficient (Wildman–Crippen LogP) is 10.8. The summed E-state index contributed by atoms with van der Waals surface area (Å²) in [7, 11) is -3.16. The minimum absolute atomic E-state index is 0.156. The normalized spacial score (nSPS) is 12.7. The SMILES string of the molecule is CCCCCCCCCCCCCCCC(=O)OC[C@H](CO[PH](=O)O)OC(=O)CCCCCCCCCCCCCCC. The molecule has 0 aromatic carbocycles. The molecule has 0 fully saturated rings. The third-order valence-corrected chi connectivity index (χ3v) is 8.50. The van der Waals surface area contributed by atoms with Crippen molar-refractivity contribution in [1.29, 1.82) is 0 Å². The van der Waals surface area contributed by atoms with Crippen molar-refractivity contribution in [2.75, 3.05) is 13.2 Å². The van der Waals surface area contributed by atoms with E-state index in [1.54, 1.807) is 0 Å². The highest BCUT2D eigenvalue weighted by Crippen LogP contribution is 2.17. The third-order valence-electron chi connectivity index (χ3n) is 8.09. The summed E-state index contributed by atoms with van der Waals surface area (Å²) in [5.41, 5.74) is 0. The van der Waals surface area contributed by atoms with Gasteiger partial charge in [-0.05, 0) is 12.8 Å². The number of unbranched alkanes of at least 4 members (excludes halogenated alkanes) is 24. The third kappa shape index (κ3) is 33.8. The predicted molar refractivity (Wildman–Crippen MR) is 179 cm³/mol. The molecule has 0 saturated heterocycles. The second-order valence-electron chi connectivity index (χ2n) is 12.4. The van der Waals surface area contributed by atoms with Crippen LogP contribution in [0.4, 0.5) is 0 Å². The summed E-state index contributed by atoms with van der Waals surface area (Å²) >= 11 is 0. The maximum atomic E-state index is 12.3. The minimum atomic E-state index is -3.16. The van der Waals surface area contributed by atoms with Gasteiger partial charge in [-0.15, -0.1) is 0 Å². The molecule has 8 heteroatoms. The first-order chi connectivity index (χ1) is 21.0. The lowest BCUT2D eigenvalue weighted by Crippen LogP contribution is -2.29. The van der Waals surface area contributed by atoms with Gasteiger partial charge in [0.25, 0.3) is 0 Å². The highest BCUT2D eigenvalue weighted by atomic mass is 31.1. The molecule has 0 aliphatic rings. The zero-order valence-corrected chi connectivity index (χ0v) is 29.2. The summed E-state index contributed by atoms with van der Waals surface area (Å²) in [6, 6.07) is 0. The van der Waals surface area contributed by atoms with Crippen molar-refractivity contribution in [2.45, 2.75) is 200 Å².